The predicted molar refractivity (Wildman–Crippen MR) is 89.9 cm³/mol. The highest BCUT2D eigenvalue weighted by Crippen LogP contribution is 2.30. The van der Waals surface area contributed by atoms with Gasteiger partial charge in [-0.05, 0) is 47.0 Å². The monoisotopic (exact) mass is 318 g/mol. The number of aromatic nitrogens is 1. The van der Waals surface area contributed by atoms with Crippen LogP contribution in [0.2, 0.25) is 0 Å². The van der Waals surface area contributed by atoms with Crippen molar-refractivity contribution < 1.29 is 14.7 Å². The molecule has 1 aliphatic rings. The third kappa shape index (κ3) is 2.13. The maximum Gasteiger partial charge on any atom is 0.336 e. The lowest BCUT2D eigenvalue weighted by molar-refractivity contribution is 0.0698. The molecule has 1 aliphatic heterocycles. The first kappa shape index (κ1) is 14.4. The summed E-state index contributed by atoms with van der Waals surface area (Å²) in [6.45, 7) is 0.595. The number of carbonyl (C=O) groups is 2. The molecular formula is C19H14N2O3. The van der Waals surface area contributed by atoms with Crippen LogP contribution in [0.1, 0.15) is 26.3 Å². The van der Waals surface area contributed by atoms with E-state index in [2.05, 4.69) is 4.98 Å². The van der Waals surface area contributed by atoms with Gasteiger partial charge in [-0.25, -0.2) is 4.79 Å². The summed E-state index contributed by atoms with van der Waals surface area (Å²) in [6, 6.07) is 12.8. The van der Waals surface area contributed by atoms with Crippen LogP contribution < -0.4 is 0 Å². The summed E-state index contributed by atoms with van der Waals surface area (Å²) in [5, 5.41) is 9.97. The molecule has 2 aromatic carbocycles. The Balaban J connectivity index is 1.86. The molecule has 0 aliphatic carbocycles. The molecule has 5 heteroatoms. The second-order valence-electron chi connectivity index (χ2n) is 5.93. The Hall–Kier alpha value is -3.21. The number of amides is 1. The Bertz CT molecular complexity index is 1010. The third-order valence-corrected chi connectivity index (χ3v) is 4.40. The quantitative estimate of drug-likeness (QED) is 0.788. The van der Waals surface area contributed by atoms with Crippen molar-refractivity contribution in [1.29, 1.82) is 0 Å². The molecule has 0 radical (unpaired) electrons. The zero-order chi connectivity index (χ0) is 16.8. The van der Waals surface area contributed by atoms with Gasteiger partial charge in [0.25, 0.3) is 5.91 Å². The highest BCUT2D eigenvalue weighted by atomic mass is 16.4. The summed E-state index contributed by atoms with van der Waals surface area (Å²) in [5.74, 6) is -0.937. The van der Waals surface area contributed by atoms with Crippen molar-refractivity contribution in [1.82, 2.24) is 9.88 Å². The van der Waals surface area contributed by atoms with Crippen LogP contribution in [0.5, 0.6) is 0 Å². The SMILES string of the molecule is CN1Cc2cc(-c3ccc4nccc(C(=O)O)c4c3)ccc2C1=O. The minimum absolute atomic E-state index is 0.0347. The van der Waals surface area contributed by atoms with E-state index in [9.17, 15) is 14.7 Å². The summed E-state index contributed by atoms with van der Waals surface area (Å²) in [5.41, 5.74) is 4.47. The summed E-state index contributed by atoms with van der Waals surface area (Å²) in [4.78, 5) is 29.3. The normalized spacial score (nSPS) is 13.4. The molecule has 3 aromatic rings. The molecule has 5 nitrogen and oxygen atoms in total. The van der Waals surface area contributed by atoms with Crippen LogP contribution in [0.3, 0.4) is 0 Å². The van der Waals surface area contributed by atoms with Crippen molar-refractivity contribution in [2.45, 2.75) is 6.54 Å². The van der Waals surface area contributed by atoms with Crippen LogP contribution in [0, 0.1) is 0 Å². The van der Waals surface area contributed by atoms with Gasteiger partial charge in [0, 0.05) is 30.7 Å². The molecule has 0 saturated heterocycles. The first-order valence-corrected chi connectivity index (χ1v) is 7.55. The van der Waals surface area contributed by atoms with Crippen molar-refractivity contribution >= 4 is 22.8 Å². The Labute approximate surface area is 138 Å². The maximum absolute atomic E-state index is 12.0. The van der Waals surface area contributed by atoms with Gasteiger partial charge in [0.1, 0.15) is 0 Å². The van der Waals surface area contributed by atoms with Gasteiger partial charge >= 0.3 is 5.97 Å². The van der Waals surface area contributed by atoms with E-state index >= 15 is 0 Å². The summed E-state index contributed by atoms with van der Waals surface area (Å²) in [6.07, 6.45) is 1.50. The molecule has 0 spiro atoms. The number of carboxylic acid groups (broad SMARTS) is 1. The van der Waals surface area contributed by atoms with Crippen LogP contribution in [-0.4, -0.2) is 33.9 Å². The van der Waals surface area contributed by atoms with E-state index in [0.717, 1.165) is 22.3 Å². The second kappa shape index (κ2) is 5.16. The van der Waals surface area contributed by atoms with E-state index in [4.69, 9.17) is 0 Å². The van der Waals surface area contributed by atoms with Crippen LogP contribution in [0.25, 0.3) is 22.0 Å². The summed E-state index contributed by atoms with van der Waals surface area (Å²) in [7, 11) is 1.78. The molecule has 0 bridgehead atoms. The summed E-state index contributed by atoms with van der Waals surface area (Å²) >= 11 is 0. The van der Waals surface area contributed by atoms with E-state index in [0.29, 0.717) is 17.4 Å². The molecule has 0 saturated carbocycles. The Kier molecular flexibility index (Phi) is 3.09. The standard InChI is InChI=1S/C19H14N2O3/c1-21-10-13-8-11(2-4-14(13)18(21)22)12-3-5-17-16(9-12)15(19(23)24)6-7-20-17/h2-9H,10H2,1H3,(H,23,24). The van der Waals surface area contributed by atoms with Crippen molar-refractivity contribution in [3.63, 3.8) is 0 Å². The zero-order valence-corrected chi connectivity index (χ0v) is 13.0. The van der Waals surface area contributed by atoms with Gasteiger partial charge in [0.2, 0.25) is 0 Å². The maximum atomic E-state index is 12.0. The van der Waals surface area contributed by atoms with Gasteiger partial charge in [-0.3, -0.25) is 9.78 Å². The fourth-order valence-corrected chi connectivity index (χ4v) is 3.16. The average molecular weight is 318 g/mol. The molecule has 0 fully saturated rings. The summed E-state index contributed by atoms with van der Waals surface area (Å²) < 4.78 is 0. The van der Waals surface area contributed by atoms with E-state index in [1.165, 1.54) is 12.3 Å². The van der Waals surface area contributed by atoms with Crippen LogP contribution in [0.15, 0.2) is 48.7 Å². The highest BCUT2D eigenvalue weighted by Gasteiger charge is 2.24. The Morgan fingerprint density at radius 2 is 1.88 bits per heavy atom. The molecule has 1 aromatic heterocycles. The second-order valence-corrected chi connectivity index (χ2v) is 5.93. The molecule has 0 unspecified atom stereocenters. The number of hydrogen-bond acceptors (Lipinski definition) is 3. The number of aromatic carboxylic acids is 1. The fraction of sp³-hybridized carbons (Fsp3) is 0.105. The highest BCUT2D eigenvalue weighted by molar-refractivity contribution is 6.03. The van der Waals surface area contributed by atoms with Gasteiger partial charge in [-0.2, -0.15) is 0 Å². The number of rotatable bonds is 2. The first-order chi connectivity index (χ1) is 11.5. The number of carbonyl (C=O) groups excluding carboxylic acids is 1. The first-order valence-electron chi connectivity index (χ1n) is 7.55. The minimum atomic E-state index is -0.972. The van der Waals surface area contributed by atoms with E-state index in [1.54, 1.807) is 11.9 Å². The van der Waals surface area contributed by atoms with Crippen LogP contribution in [-0.2, 0) is 6.54 Å². The van der Waals surface area contributed by atoms with E-state index in [1.807, 2.05) is 36.4 Å². The van der Waals surface area contributed by atoms with Crippen molar-refractivity contribution in [2.24, 2.45) is 0 Å². The Morgan fingerprint density at radius 1 is 1.12 bits per heavy atom. The number of fused-ring (bicyclic) bond motifs is 2. The molecule has 0 atom stereocenters. The molecule has 1 N–H and O–H groups in total. The van der Waals surface area contributed by atoms with Crippen molar-refractivity contribution in [3.8, 4) is 11.1 Å². The van der Waals surface area contributed by atoms with Gasteiger partial charge in [-0.15, -0.1) is 0 Å². The number of carboxylic acids is 1. The topological polar surface area (TPSA) is 70.5 Å². The molecule has 4 rings (SSSR count). The van der Waals surface area contributed by atoms with Crippen molar-refractivity contribution in [2.75, 3.05) is 7.05 Å². The van der Waals surface area contributed by atoms with E-state index < -0.39 is 5.97 Å². The van der Waals surface area contributed by atoms with Crippen LogP contribution >= 0.6 is 0 Å². The predicted octanol–water partition coefficient (Wildman–Crippen LogP) is 3.19. The lowest BCUT2D eigenvalue weighted by Crippen LogP contribution is -2.17. The fourth-order valence-electron chi connectivity index (χ4n) is 3.16. The van der Waals surface area contributed by atoms with Crippen LogP contribution in [0.4, 0.5) is 0 Å². The number of hydrogen-bond donors (Lipinski definition) is 1. The average Bonchev–Trinajstić information content (AvgIpc) is 2.87. The Morgan fingerprint density at radius 3 is 2.67 bits per heavy atom. The van der Waals surface area contributed by atoms with Gasteiger partial charge in [-0.1, -0.05) is 12.1 Å². The lowest BCUT2D eigenvalue weighted by Gasteiger charge is -2.07. The molecule has 2 heterocycles. The smallest absolute Gasteiger partial charge is 0.336 e. The number of nitrogens with zero attached hydrogens (tertiary/aromatic N) is 2. The molecule has 118 valence electrons. The molecule has 1 amide bonds. The number of benzene rings is 2. The molecular weight excluding hydrogens is 304 g/mol. The van der Waals surface area contributed by atoms with Gasteiger partial charge < -0.3 is 10.0 Å². The zero-order valence-electron chi connectivity index (χ0n) is 13.0. The largest absolute Gasteiger partial charge is 0.478 e. The minimum Gasteiger partial charge on any atom is -0.478 e. The third-order valence-electron chi connectivity index (χ3n) is 4.40. The van der Waals surface area contributed by atoms with Gasteiger partial charge in [0.15, 0.2) is 0 Å². The van der Waals surface area contributed by atoms with E-state index in [-0.39, 0.29) is 11.5 Å². The van der Waals surface area contributed by atoms with Gasteiger partial charge in [0.05, 0.1) is 11.1 Å². The molecule has 24 heavy (non-hydrogen) atoms. The lowest BCUT2D eigenvalue weighted by atomic mass is 9.98. The number of pyridine rings is 1. The van der Waals surface area contributed by atoms with Crippen molar-refractivity contribution in [3.05, 3.63) is 65.4 Å².